The third-order valence-electron chi connectivity index (χ3n) is 3.69. The Morgan fingerprint density at radius 3 is 2.67 bits per heavy atom. The van der Waals surface area contributed by atoms with E-state index in [1.165, 1.54) is 5.56 Å². The average molecular weight is 327 g/mol. The molecule has 1 heterocycles. The summed E-state index contributed by atoms with van der Waals surface area (Å²) >= 11 is 0. The summed E-state index contributed by atoms with van der Waals surface area (Å²) in [5.41, 5.74) is 1.28. The molecule has 5 nitrogen and oxygen atoms in total. The molecule has 3 rings (SSSR count). The van der Waals surface area contributed by atoms with Crippen LogP contribution in [-0.2, 0) is 11.2 Å². The fourth-order valence-corrected chi connectivity index (χ4v) is 2.48. The second-order valence-electron chi connectivity index (χ2n) is 5.53. The Labute approximate surface area is 141 Å². The summed E-state index contributed by atoms with van der Waals surface area (Å²) in [5, 5.41) is 2.87. The maximum absolute atomic E-state index is 11.8. The largest absolute Gasteiger partial charge is 0.486 e. The van der Waals surface area contributed by atoms with E-state index in [0.29, 0.717) is 37.0 Å². The summed E-state index contributed by atoms with van der Waals surface area (Å²) < 4.78 is 16.4. The standard InChI is InChI=1S/C19H21NO4/c21-19(20-10-4-7-15-5-2-1-3-6-15)14-24-16-8-9-17-18(13-16)23-12-11-22-17/h1-3,5-6,8-9,13H,4,7,10-12,14H2,(H,20,21). The molecule has 1 N–H and O–H groups in total. The quantitative estimate of drug-likeness (QED) is 0.794. The van der Waals surface area contributed by atoms with E-state index >= 15 is 0 Å². The molecule has 2 aromatic rings. The van der Waals surface area contributed by atoms with E-state index in [4.69, 9.17) is 14.2 Å². The number of nitrogens with one attached hydrogen (secondary N) is 1. The van der Waals surface area contributed by atoms with Gasteiger partial charge in [0, 0.05) is 12.6 Å². The number of hydrogen-bond acceptors (Lipinski definition) is 4. The van der Waals surface area contributed by atoms with Gasteiger partial charge in [0.25, 0.3) is 5.91 Å². The zero-order chi connectivity index (χ0) is 16.6. The predicted octanol–water partition coefficient (Wildman–Crippen LogP) is 2.59. The van der Waals surface area contributed by atoms with E-state index in [2.05, 4.69) is 17.4 Å². The van der Waals surface area contributed by atoms with Crippen LogP contribution in [0.1, 0.15) is 12.0 Å². The van der Waals surface area contributed by atoms with Gasteiger partial charge < -0.3 is 19.5 Å². The van der Waals surface area contributed by atoms with E-state index in [1.807, 2.05) is 18.2 Å². The summed E-state index contributed by atoms with van der Waals surface area (Å²) in [6.07, 6.45) is 1.85. The van der Waals surface area contributed by atoms with Gasteiger partial charge in [0.2, 0.25) is 0 Å². The highest BCUT2D eigenvalue weighted by Gasteiger charge is 2.12. The lowest BCUT2D eigenvalue weighted by Crippen LogP contribution is -2.29. The van der Waals surface area contributed by atoms with Crippen molar-refractivity contribution in [3.63, 3.8) is 0 Å². The number of aryl methyl sites for hydroxylation is 1. The molecule has 0 aromatic heterocycles. The van der Waals surface area contributed by atoms with Crippen molar-refractivity contribution in [2.75, 3.05) is 26.4 Å². The Hall–Kier alpha value is -2.69. The monoisotopic (exact) mass is 327 g/mol. The van der Waals surface area contributed by atoms with Gasteiger partial charge in [-0.05, 0) is 30.5 Å². The van der Waals surface area contributed by atoms with E-state index in [1.54, 1.807) is 18.2 Å². The number of carbonyl (C=O) groups is 1. The second kappa shape index (κ2) is 8.24. The molecule has 0 atom stereocenters. The summed E-state index contributed by atoms with van der Waals surface area (Å²) in [7, 11) is 0. The minimum atomic E-state index is -0.127. The van der Waals surface area contributed by atoms with Crippen LogP contribution in [0.3, 0.4) is 0 Å². The molecular weight excluding hydrogens is 306 g/mol. The molecule has 0 bridgehead atoms. The first kappa shape index (κ1) is 16.2. The van der Waals surface area contributed by atoms with Gasteiger partial charge in [0.1, 0.15) is 19.0 Å². The van der Waals surface area contributed by atoms with Crippen molar-refractivity contribution < 1.29 is 19.0 Å². The second-order valence-corrected chi connectivity index (χ2v) is 5.53. The van der Waals surface area contributed by atoms with Gasteiger partial charge in [-0.3, -0.25) is 4.79 Å². The fourth-order valence-electron chi connectivity index (χ4n) is 2.48. The Balaban J connectivity index is 1.36. The molecular formula is C19H21NO4. The third-order valence-corrected chi connectivity index (χ3v) is 3.69. The van der Waals surface area contributed by atoms with Gasteiger partial charge in [0.05, 0.1) is 0 Å². The Bertz CT molecular complexity index is 672. The Morgan fingerprint density at radius 2 is 1.83 bits per heavy atom. The molecule has 0 spiro atoms. The van der Waals surface area contributed by atoms with Crippen LogP contribution in [0.5, 0.6) is 17.2 Å². The highest BCUT2D eigenvalue weighted by atomic mass is 16.6. The van der Waals surface area contributed by atoms with Gasteiger partial charge in [-0.1, -0.05) is 30.3 Å². The van der Waals surface area contributed by atoms with Crippen molar-refractivity contribution in [3.05, 3.63) is 54.1 Å². The smallest absolute Gasteiger partial charge is 0.257 e. The molecule has 0 saturated heterocycles. The van der Waals surface area contributed by atoms with Crippen LogP contribution in [-0.4, -0.2) is 32.3 Å². The van der Waals surface area contributed by atoms with Crippen LogP contribution >= 0.6 is 0 Å². The molecule has 0 aliphatic carbocycles. The number of fused-ring (bicyclic) bond motifs is 1. The minimum Gasteiger partial charge on any atom is -0.486 e. The van der Waals surface area contributed by atoms with Crippen LogP contribution in [0.25, 0.3) is 0 Å². The molecule has 2 aromatic carbocycles. The number of carbonyl (C=O) groups excluding carboxylic acids is 1. The molecule has 1 aliphatic rings. The average Bonchev–Trinajstić information content (AvgIpc) is 2.64. The van der Waals surface area contributed by atoms with Gasteiger partial charge in [-0.25, -0.2) is 0 Å². The van der Waals surface area contributed by atoms with E-state index in [-0.39, 0.29) is 12.5 Å². The summed E-state index contributed by atoms with van der Waals surface area (Å²) in [6, 6.07) is 15.5. The maximum Gasteiger partial charge on any atom is 0.257 e. The molecule has 0 saturated carbocycles. The van der Waals surface area contributed by atoms with Crippen molar-refractivity contribution in [2.45, 2.75) is 12.8 Å². The first-order chi connectivity index (χ1) is 11.8. The summed E-state index contributed by atoms with van der Waals surface area (Å²) in [5.74, 6) is 1.83. The fraction of sp³-hybridized carbons (Fsp3) is 0.316. The molecule has 0 unspecified atom stereocenters. The van der Waals surface area contributed by atoms with Crippen LogP contribution in [0.4, 0.5) is 0 Å². The first-order valence-electron chi connectivity index (χ1n) is 8.14. The molecule has 126 valence electrons. The lowest BCUT2D eigenvalue weighted by atomic mass is 10.1. The molecule has 0 fully saturated rings. The third kappa shape index (κ3) is 4.65. The number of rotatable bonds is 7. The lowest BCUT2D eigenvalue weighted by molar-refractivity contribution is -0.123. The number of hydrogen-bond donors (Lipinski definition) is 1. The van der Waals surface area contributed by atoms with Crippen molar-refractivity contribution in [1.82, 2.24) is 5.32 Å². The first-order valence-corrected chi connectivity index (χ1v) is 8.14. The van der Waals surface area contributed by atoms with Crippen molar-refractivity contribution in [1.29, 1.82) is 0 Å². The van der Waals surface area contributed by atoms with Gasteiger partial charge in [-0.15, -0.1) is 0 Å². The zero-order valence-electron chi connectivity index (χ0n) is 13.5. The lowest BCUT2D eigenvalue weighted by Gasteiger charge is -2.18. The molecule has 0 radical (unpaired) electrons. The molecule has 1 aliphatic heterocycles. The molecule has 24 heavy (non-hydrogen) atoms. The number of amides is 1. The van der Waals surface area contributed by atoms with Gasteiger partial charge in [0.15, 0.2) is 18.1 Å². The number of benzene rings is 2. The normalized spacial score (nSPS) is 12.5. The predicted molar refractivity (Wildman–Crippen MR) is 90.7 cm³/mol. The maximum atomic E-state index is 11.8. The van der Waals surface area contributed by atoms with Crippen LogP contribution in [0.15, 0.2) is 48.5 Å². The zero-order valence-corrected chi connectivity index (χ0v) is 13.5. The SMILES string of the molecule is O=C(COc1ccc2c(c1)OCCO2)NCCCc1ccccc1. The minimum absolute atomic E-state index is 0.00895. The Kier molecular flexibility index (Phi) is 5.56. The highest BCUT2D eigenvalue weighted by molar-refractivity contribution is 5.77. The van der Waals surface area contributed by atoms with Crippen LogP contribution in [0.2, 0.25) is 0 Å². The summed E-state index contributed by atoms with van der Waals surface area (Å²) in [4.78, 5) is 11.8. The summed E-state index contributed by atoms with van der Waals surface area (Å²) in [6.45, 7) is 1.71. The molecule has 1 amide bonds. The van der Waals surface area contributed by atoms with Crippen molar-refractivity contribution in [3.8, 4) is 17.2 Å². The van der Waals surface area contributed by atoms with Gasteiger partial charge >= 0.3 is 0 Å². The highest BCUT2D eigenvalue weighted by Crippen LogP contribution is 2.33. The van der Waals surface area contributed by atoms with Crippen LogP contribution in [0, 0.1) is 0 Å². The Morgan fingerprint density at radius 1 is 1.04 bits per heavy atom. The topological polar surface area (TPSA) is 56.8 Å². The van der Waals surface area contributed by atoms with E-state index in [9.17, 15) is 4.79 Å². The van der Waals surface area contributed by atoms with Crippen LogP contribution < -0.4 is 19.5 Å². The van der Waals surface area contributed by atoms with E-state index in [0.717, 1.165) is 12.8 Å². The van der Waals surface area contributed by atoms with Crippen molar-refractivity contribution >= 4 is 5.91 Å². The van der Waals surface area contributed by atoms with Gasteiger partial charge in [-0.2, -0.15) is 0 Å². The van der Waals surface area contributed by atoms with E-state index < -0.39 is 0 Å². The van der Waals surface area contributed by atoms with Crippen molar-refractivity contribution in [2.24, 2.45) is 0 Å². The number of ether oxygens (including phenoxy) is 3. The molecule has 5 heteroatoms.